The molecule has 0 heterocycles. The number of para-hydroxylation sites is 2. The molecule has 0 aliphatic carbocycles. The van der Waals surface area contributed by atoms with Crippen molar-refractivity contribution in [3.8, 4) is 5.75 Å². The fraction of sp³-hybridized carbons (Fsp3) is 0.174. The molecule has 0 aliphatic rings. The van der Waals surface area contributed by atoms with Crippen molar-refractivity contribution in [1.82, 2.24) is 5.32 Å². The second-order valence-corrected chi connectivity index (χ2v) is 8.93. The summed E-state index contributed by atoms with van der Waals surface area (Å²) in [5.41, 5.74) is 1.15. The summed E-state index contributed by atoms with van der Waals surface area (Å²) in [4.78, 5) is 12.8. The van der Waals surface area contributed by atoms with Gasteiger partial charge in [0.05, 0.1) is 17.2 Å². The number of nitrogens with one attached hydrogen (secondary N) is 1. The third-order valence-electron chi connectivity index (χ3n) is 4.46. The van der Waals surface area contributed by atoms with E-state index in [1.54, 1.807) is 66.7 Å². The predicted octanol–water partition coefficient (Wildman–Crippen LogP) is 4.25. The standard InChI is InChI=1S/C23H23ClN2O4S/c1-2-30-22-11-7-6-10-21(22)26(31(28,29)20-8-4-3-5-9-20)17-23(27)25-16-18-12-14-19(24)15-13-18/h3-15H,2,16-17H2,1H3,(H,25,27). The van der Waals surface area contributed by atoms with Crippen LogP contribution < -0.4 is 14.4 Å². The Balaban J connectivity index is 1.89. The van der Waals surface area contributed by atoms with Crippen molar-refractivity contribution in [2.24, 2.45) is 0 Å². The van der Waals surface area contributed by atoms with E-state index in [1.165, 1.54) is 12.1 Å². The van der Waals surface area contributed by atoms with E-state index in [2.05, 4.69) is 5.32 Å². The number of sulfonamides is 1. The summed E-state index contributed by atoms with van der Waals surface area (Å²) in [6.45, 7) is 2.03. The smallest absolute Gasteiger partial charge is 0.264 e. The first kappa shape index (κ1) is 22.7. The minimum absolute atomic E-state index is 0.0896. The van der Waals surface area contributed by atoms with E-state index in [1.807, 2.05) is 6.92 Å². The number of rotatable bonds is 9. The Hall–Kier alpha value is -3.03. The van der Waals surface area contributed by atoms with Gasteiger partial charge in [-0.05, 0) is 48.9 Å². The van der Waals surface area contributed by atoms with Crippen molar-refractivity contribution in [2.75, 3.05) is 17.5 Å². The van der Waals surface area contributed by atoms with Crippen molar-refractivity contribution in [1.29, 1.82) is 0 Å². The highest BCUT2D eigenvalue weighted by atomic mass is 35.5. The molecule has 0 radical (unpaired) electrons. The topological polar surface area (TPSA) is 75.7 Å². The first-order chi connectivity index (χ1) is 14.9. The van der Waals surface area contributed by atoms with E-state index < -0.39 is 22.5 Å². The number of carbonyl (C=O) groups excluding carboxylic acids is 1. The van der Waals surface area contributed by atoms with Gasteiger partial charge in [0.1, 0.15) is 12.3 Å². The number of ether oxygens (including phenoxy) is 1. The van der Waals surface area contributed by atoms with Crippen LogP contribution in [0.5, 0.6) is 5.75 Å². The van der Waals surface area contributed by atoms with Gasteiger partial charge in [0.2, 0.25) is 5.91 Å². The maximum atomic E-state index is 13.4. The monoisotopic (exact) mass is 458 g/mol. The normalized spacial score (nSPS) is 11.0. The second-order valence-electron chi connectivity index (χ2n) is 6.63. The fourth-order valence-corrected chi connectivity index (χ4v) is 4.53. The Labute approximate surface area is 187 Å². The molecule has 0 aromatic heterocycles. The zero-order valence-corrected chi connectivity index (χ0v) is 18.6. The summed E-state index contributed by atoms with van der Waals surface area (Å²) in [6, 6.07) is 21.8. The zero-order chi connectivity index (χ0) is 22.3. The van der Waals surface area contributed by atoms with Crippen LogP contribution in [0.3, 0.4) is 0 Å². The van der Waals surface area contributed by atoms with Gasteiger partial charge in [-0.1, -0.05) is 54.1 Å². The average molecular weight is 459 g/mol. The predicted molar refractivity (Wildman–Crippen MR) is 122 cm³/mol. The molecular weight excluding hydrogens is 436 g/mol. The summed E-state index contributed by atoms with van der Waals surface area (Å²) in [7, 11) is -4.00. The lowest BCUT2D eigenvalue weighted by molar-refractivity contribution is -0.119. The van der Waals surface area contributed by atoms with Crippen LogP contribution in [0.15, 0.2) is 83.8 Å². The third-order valence-corrected chi connectivity index (χ3v) is 6.48. The quantitative estimate of drug-likeness (QED) is 0.520. The number of anilines is 1. The van der Waals surface area contributed by atoms with Crippen molar-refractivity contribution < 1.29 is 17.9 Å². The SMILES string of the molecule is CCOc1ccccc1N(CC(=O)NCc1ccc(Cl)cc1)S(=O)(=O)c1ccccc1. The number of hydrogen-bond donors (Lipinski definition) is 1. The van der Waals surface area contributed by atoms with Gasteiger partial charge >= 0.3 is 0 Å². The molecule has 162 valence electrons. The van der Waals surface area contributed by atoms with Crippen LogP contribution in [0, 0.1) is 0 Å². The van der Waals surface area contributed by atoms with Gasteiger partial charge in [0.15, 0.2) is 0 Å². The Kier molecular flexibility index (Phi) is 7.55. The highest BCUT2D eigenvalue weighted by Gasteiger charge is 2.29. The molecule has 3 aromatic carbocycles. The lowest BCUT2D eigenvalue weighted by atomic mass is 10.2. The largest absolute Gasteiger partial charge is 0.492 e. The summed E-state index contributed by atoms with van der Waals surface area (Å²) in [5.74, 6) is -0.0595. The van der Waals surface area contributed by atoms with Crippen LogP contribution in [0.4, 0.5) is 5.69 Å². The maximum absolute atomic E-state index is 13.4. The van der Waals surface area contributed by atoms with E-state index in [0.29, 0.717) is 23.1 Å². The highest BCUT2D eigenvalue weighted by molar-refractivity contribution is 7.92. The van der Waals surface area contributed by atoms with Gasteiger partial charge in [0, 0.05) is 11.6 Å². The molecule has 0 atom stereocenters. The second kappa shape index (κ2) is 10.3. The van der Waals surface area contributed by atoms with Gasteiger partial charge < -0.3 is 10.1 Å². The molecule has 0 fully saturated rings. The average Bonchev–Trinajstić information content (AvgIpc) is 2.78. The molecule has 3 aromatic rings. The van der Waals surface area contributed by atoms with Crippen molar-refractivity contribution in [3.63, 3.8) is 0 Å². The summed E-state index contributed by atoms with van der Waals surface area (Å²) in [6.07, 6.45) is 0. The number of halogens is 1. The van der Waals surface area contributed by atoms with E-state index >= 15 is 0 Å². The molecule has 0 bridgehead atoms. The molecule has 8 heteroatoms. The zero-order valence-electron chi connectivity index (χ0n) is 17.0. The summed E-state index contributed by atoms with van der Waals surface area (Å²) in [5, 5.41) is 3.36. The Morgan fingerprint density at radius 3 is 2.29 bits per heavy atom. The van der Waals surface area contributed by atoms with E-state index in [9.17, 15) is 13.2 Å². The molecule has 0 saturated heterocycles. The third kappa shape index (κ3) is 5.77. The Morgan fingerprint density at radius 1 is 0.968 bits per heavy atom. The minimum Gasteiger partial charge on any atom is -0.492 e. The number of nitrogens with zero attached hydrogens (tertiary/aromatic N) is 1. The van der Waals surface area contributed by atoms with E-state index in [0.717, 1.165) is 9.87 Å². The van der Waals surface area contributed by atoms with Gasteiger partial charge in [-0.25, -0.2) is 8.42 Å². The van der Waals surface area contributed by atoms with Crippen LogP contribution in [-0.4, -0.2) is 27.5 Å². The molecule has 1 N–H and O–H groups in total. The molecular formula is C23H23ClN2O4S. The molecule has 3 rings (SSSR count). The number of benzene rings is 3. The van der Waals surface area contributed by atoms with Gasteiger partial charge in [-0.3, -0.25) is 9.10 Å². The van der Waals surface area contributed by atoms with Crippen LogP contribution in [0.1, 0.15) is 12.5 Å². The molecule has 31 heavy (non-hydrogen) atoms. The number of amides is 1. The fourth-order valence-electron chi connectivity index (χ4n) is 2.95. The lowest BCUT2D eigenvalue weighted by Crippen LogP contribution is -2.40. The number of carbonyl (C=O) groups is 1. The summed E-state index contributed by atoms with van der Waals surface area (Å²) >= 11 is 5.89. The van der Waals surface area contributed by atoms with Gasteiger partial charge in [-0.15, -0.1) is 0 Å². The first-order valence-electron chi connectivity index (χ1n) is 9.72. The first-order valence-corrected chi connectivity index (χ1v) is 11.5. The molecule has 6 nitrogen and oxygen atoms in total. The van der Waals surface area contributed by atoms with Crippen molar-refractivity contribution >= 4 is 33.2 Å². The molecule has 1 amide bonds. The van der Waals surface area contributed by atoms with Crippen LogP contribution >= 0.6 is 11.6 Å². The van der Waals surface area contributed by atoms with Gasteiger partial charge in [-0.2, -0.15) is 0 Å². The van der Waals surface area contributed by atoms with E-state index in [-0.39, 0.29) is 11.4 Å². The highest BCUT2D eigenvalue weighted by Crippen LogP contribution is 2.32. The van der Waals surface area contributed by atoms with Crippen LogP contribution in [0.25, 0.3) is 0 Å². The summed E-state index contributed by atoms with van der Waals surface area (Å²) < 4.78 is 33.5. The van der Waals surface area contributed by atoms with Crippen LogP contribution in [-0.2, 0) is 21.4 Å². The minimum atomic E-state index is -4.00. The molecule has 0 spiro atoms. The number of hydrogen-bond acceptors (Lipinski definition) is 4. The molecule has 0 unspecified atom stereocenters. The van der Waals surface area contributed by atoms with Crippen LogP contribution in [0.2, 0.25) is 5.02 Å². The molecule has 0 aliphatic heterocycles. The Morgan fingerprint density at radius 2 is 1.61 bits per heavy atom. The Bertz CT molecular complexity index is 1120. The lowest BCUT2D eigenvalue weighted by Gasteiger charge is -2.26. The van der Waals surface area contributed by atoms with Crippen molar-refractivity contribution in [2.45, 2.75) is 18.4 Å². The van der Waals surface area contributed by atoms with Crippen molar-refractivity contribution in [3.05, 3.63) is 89.4 Å². The van der Waals surface area contributed by atoms with Gasteiger partial charge in [0.25, 0.3) is 10.0 Å². The maximum Gasteiger partial charge on any atom is 0.264 e. The molecule has 0 saturated carbocycles. The van der Waals surface area contributed by atoms with E-state index in [4.69, 9.17) is 16.3 Å².